The smallest absolute Gasteiger partial charge is 0.222 e. The van der Waals surface area contributed by atoms with Gasteiger partial charge in [-0.05, 0) is 31.0 Å². The van der Waals surface area contributed by atoms with Crippen LogP contribution in [0.1, 0.15) is 18.4 Å². The molecular formula is C13H17ClN2O2. The molecule has 0 aromatic heterocycles. The van der Waals surface area contributed by atoms with Crippen LogP contribution in [0.15, 0.2) is 18.2 Å². The van der Waals surface area contributed by atoms with E-state index in [9.17, 15) is 9.90 Å². The molecule has 1 atom stereocenters. The lowest BCUT2D eigenvalue weighted by atomic mass is 9.96. The molecule has 0 bridgehead atoms. The summed E-state index contributed by atoms with van der Waals surface area (Å²) in [6.45, 7) is 1.43. The molecule has 2 rings (SSSR count). The second-order valence-electron chi connectivity index (χ2n) is 4.62. The predicted octanol–water partition coefficient (Wildman–Crippen LogP) is 1.53. The van der Waals surface area contributed by atoms with E-state index in [0.717, 1.165) is 30.6 Å². The number of nitrogens with two attached hydrogens (primary N) is 1. The van der Waals surface area contributed by atoms with Crippen molar-refractivity contribution in [2.24, 2.45) is 11.7 Å². The van der Waals surface area contributed by atoms with Gasteiger partial charge in [0.2, 0.25) is 5.91 Å². The third kappa shape index (κ3) is 2.76. The van der Waals surface area contributed by atoms with E-state index >= 15 is 0 Å². The Morgan fingerprint density at radius 3 is 3.00 bits per heavy atom. The molecule has 0 saturated carbocycles. The molecule has 1 aromatic rings. The van der Waals surface area contributed by atoms with Crippen LogP contribution in [0.25, 0.3) is 0 Å². The molecule has 1 aromatic carbocycles. The van der Waals surface area contributed by atoms with E-state index in [4.69, 9.17) is 17.3 Å². The summed E-state index contributed by atoms with van der Waals surface area (Å²) in [6.07, 6.45) is 1.77. The molecule has 1 saturated heterocycles. The van der Waals surface area contributed by atoms with Crippen LogP contribution >= 0.6 is 11.6 Å². The van der Waals surface area contributed by atoms with Crippen molar-refractivity contribution < 1.29 is 9.90 Å². The van der Waals surface area contributed by atoms with Crippen LogP contribution in [0.5, 0.6) is 0 Å². The lowest BCUT2D eigenvalue weighted by Crippen LogP contribution is -2.41. The standard InChI is InChI=1S/C13H17ClN2O2/c14-11-3-4-12(10(6-11)8-17)16-5-1-2-9(7-16)13(15)18/h3-4,6,9,17H,1-2,5,7-8H2,(H2,15,18). The summed E-state index contributed by atoms with van der Waals surface area (Å²) in [5, 5.41) is 9.97. The van der Waals surface area contributed by atoms with Crippen LogP contribution < -0.4 is 10.6 Å². The Balaban J connectivity index is 2.22. The molecule has 18 heavy (non-hydrogen) atoms. The summed E-state index contributed by atoms with van der Waals surface area (Å²) in [6, 6.07) is 5.44. The highest BCUT2D eigenvalue weighted by Gasteiger charge is 2.25. The summed E-state index contributed by atoms with van der Waals surface area (Å²) in [5.74, 6) is -0.361. The molecule has 0 spiro atoms. The van der Waals surface area contributed by atoms with E-state index in [0.29, 0.717) is 11.6 Å². The van der Waals surface area contributed by atoms with Crippen LogP contribution in [0, 0.1) is 5.92 Å². The van der Waals surface area contributed by atoms with Crippen molar-refractivity contribution in [1.29, 1.82) is 0 Å². The Bertz CT molecular complexity index is 451. The van der Waals surface area contributed by atoms with Gasteiger partial charge in [-0.15, -0.1) is 0 Å². The SMILES string of the molecule is NC(=O)C1CCCN(c2ccc(Cl)cc2CO)C1. The van der Waals surface area contributed by atoms with Crippen LogP contribution in [0.2, 0.25) is 5.02 Å². The zero-order valence-electron chi connectivity index (χ0n) is 10.1. The van der Waals surface area contributed by atoms with Crippen molar-refractivity contribution in [1.82, 2.24) is 0 Å². The van der Waals surface area contributed by atoms with E-state index in [1.807, 2.05) is 6.07 Å². The Kier molecular flexibility index (Phi) is 4.09. The first-order valence-electron chi connectivity index (χ1n) is 6.05. The van der Waals surface area contributed by atoms with Crippen LogP contribution in [-0.2, 0) is 11.4 Å². The number of aliphatic hydroxyl groups is 1. The average molecular weight is 269 g/mol. The Hall–Kier alpha value is -1.26. The first kappa shape index (κ1) is 13.2. The van der Waals surface area contributed by atoms with Gasteiger partial charge in [0.05, 0.1) is 12.5 Å². The number of piperidine rings is 1. The molecule has 1 amide bonds. The number of primary amides is 1. The molecular weight excluding hydrogens is 252 g/mol. The monoisotopic (exact) mass is 268 g/mol. The molecule has 5 heteroatoms. The Morgan fingerprint density at radius 1 is 1.56 bits per heavy atom. The van der Waals surface area contributed by atoms with Gasteiger partial charge in [-0.1, -0.05) is 11.6 Å². The fourth-order valence-corrected chi connectivity index (χ4v) is 2.61. The molecule has 0 aliphatic carbocycles. The van der Waals surface area contributed by atoms with E-state index in [1.165, 1.54) is 0 Å². The van der Waals surface area contributed by atoms with Gasteiger partial charge in [0.1, 0.15) is 0 Å². The number of aliphatic hydroxyl groups excluding tert-OH is 1. The zero-order valence-corrected chi connectivity index (χ0v) is 10.9. The van der Waals surface area contributed by atoms with Gasteiger partial charge in [0.25, 0.3) is 0 Å². The second kappa shape index (κ2) is 5.59. The van der Waals surface area contributed by atoms with Crippen molar-refractivity contribution in [2.45, 2.75) is 19.4 Å². The van der Waals surface area contributed by atoms with Crippen molar-refractivity contribution in [2.75, 3.05) is 18.0 Å². The molecule has 1 fully saturated rings. The van der Waals surface area contributed by atoms with Crippen molar-refractivity contribution in [3.8, 4) is 0 Å². The quantitative estimate of drug-likeness (QED) is 0.874. The second-order valence-corrected chi connectivity index (χ2v) is 5.06. The fraction of sp³-hybridized carbons (Fsp3) is 0.462. The highest BCUT2D eigenvalue weighted by atomic mass is 35.5. The number of benzene rings is 1. The highest BCUT2D eigenvalue weighted by molar-refractivity contribution is 6.30. The fourth-order valence-electron chi connectivity index (χ4n) is 2.42. The maximum absolute atomic E-state index is 11.3. The summed E-state index contributed by atoms with van der Waals surface area (Å²) >= 11 is 5.91. The number of hydrogen-bond donors (Lipinski definition) is 2. The van der Waals surface area contributed by atoms with Crippen LogP contribution in [-0.4, -0.2) is 24.1 Å². The van der Waals surface area contributed by atoms with Gasteiger partial charge in [-0.2, -0.15) is 0 Å². The molecule has 1 heterocycles. The Morgan fingerprint density at radius 2 is 2.33 bits per heavy atom. The first-order chi connectivity index (χ1) is 8.61. The van der Waals surface area contributed by atoms with E-state index in [-0.39, 0.29) is 18.4 Å². The van der Waals surface area contributed by atoms with Crippen molar-refractivity contribution in [3.05, 3.63) is 28.8 Å². The van der Waals surface area contributed by atoms with Gasteiger partial charge in [-0.3, -0.25) is 4.79 Å². The molecule has 98 valence electrons. The topological polar surface area (TPSA) is 66.6 Å². The number of nitrogens with zero attached hydrogens (tertiary/aromatic N) is 1. The first-order valence-corrected chi connectivity index (χ1v) is 6.43. The van der Waals surface area contributed by atoms with Gasteiger partial charge in [0, 0.05) is 29.4 Å². The van der Waals surface area contributed by atoms with E-state index in [2.05, 4.69) is 4.90 Å². The summed E-state index contributed by atoms with van der Waals surface area (Å²) in [5.41, 5.74) is 7.09. The van der Waals surface area contributed by atoms with Gasteiger partial charge >= 0.3 is 0 Å². The zero-order chi connectivity index (χ0) is 13.1. The average Bonchev–Trinajstić information content (AvgIpc) is 2.38. The number of carbonyl (C=O) groups excluding carboxylic acids is 1. The number of amides is 1. The van der Waals surface area contributed by atoms with E-state index in [1.54, 1.807) is 12.1 Å². The normalized spacial score (nSPS) is 19.9. The molecule has 1 aliphatic rings. The largest absolute Gasteiger partial charge is 0.392 e. The number of hydrogen-bond acceptors (Lipinski definition) is 3. The molecule has 4 nitrogen and oxygen atoms in total. The van der Waals surface area contributed by atoms with Crippen LogP contribution in [0.3, 0.4) is 0 Å². The third-order valence-corrected chi connectivity index (χ3v) is 3.61. The van der Waals surface area contributed by atoms with Crippen LogP contribution in [0.4, 0.5) is 5.69 Å². The highest BCUT2D eigenvalue weighted by Crippen LogP contribution is 2.28. The minimum Gasteiger partial charge on any atom is -0.392 e. The maximum atomic E-state index is 11.3. The van der Waals surface area contributed by atoms with Gasteiger partial charge in [0.15, 0.2) is 0 Å². The lowest BCUT2D eigenvalue weighted by Gasteiger charge is -2.34. The summed E-state index contributed by atoms with van der Waals surface area (Å²) in [7, 11) is 0. The van der Waals surface area contributed by atoms with Crippen molar-refractivity contribution >= 4 is 23.2 Å². The number of carbonyl (C=O) groups is 1. The maximum Gasteiger partial charge on any atom is 0.222 e. The van der Waals surface area contributed by atoms with Gasteiger partial charge in [-0.25, -0.2) is 0 Å². The minimum atomic E-state index is -0.251. The minimum absolute atomic E-state index is 0.0619. The lowest BCUT2D eigenvalue weighted by molar-refractivity contribution is -0.122. The summed E-state index contributed by atoms with van der Waals surface area (Å²) in [4.78, 5) is 13.4. The number of halogens is 1. The number of rotatable bonds is 3. The van der Waals surface area contributed by atoms with Crippen molar-refractivity contribution in [3.63, 3.8) is 0 Å². The molecule has 0 radical (unpaired) electrons. The van der Waals surface area contributed by atoms with E-state index < -0.39 is 0 Å². The Labute approximate surface area is 111 Å². The number of anilines is 1. The molecule has 1 unspecified atom stereocenters. The summed E-state index contributed by atoms with van der Waals surface area (Å²) < 4.78 is 0. The molecule has 1 aliphatic heterocycles. The molecule has 3 N–H and O–H groups in total. The third-order valence-electron chi connectivity index (χ3n) is 3.38. The predicted molar refractivity (Wildman–Crippen MR) is 71.5 cm³/mol. The van der Waals surface area contributed by atoms with Gasteiger partial charge < -0.3 is 15.7 Å².